The maximum absolute atomic E-state index is 12.2. The highest BCUT2D eigenvalue weighted by molar-refractivity contribution is 7.09. The van der Waals surface area contributed by atoms with Gasteiger partial charge in [0.25, 0.3) is 0 Å². The van der Waals surface area contributed by atoms with Gasteiger partial charge in [-0.15, -0.1) is 0 Å². The second-order valence-electron chi connectivity index (χ2n) is 4.65. The van der Waals surface area contributed by atoms with Crippen LogP contribution < -0.4 is 5.32 Å². The second kappa shape index (κ2) is 7.51. The number of hydrogen-bond acceptors (Lipinski definition) is 7. The summed E-state index contributed by atoms with van der Waals surface area (Å²) >= 11 is 1.26. The summed E-state index contributed by atoms with van der Waals surface area (Å²) in [4.78, 5) is 18.2. The van der Waals surface area contributed by atoms with Crippen LogP contribution in [0.4, 0.5) is 5.13 Å². The van der Waals surface area contributed by atoms with E-state index in [0.29, 0.717) is 31.2 Å². The van der Waals surface area contributed by atoms with Crippen molar-refractivity contribution < 1.29 is 14.6 Å². The highest BCUT2D eigenvalue weighted by atomic mass is 32.1. The minimum atomic E-state index is -0.265. The third-order valence-corrected chi connectivity index (χ3v) is 3.88. The number of carbonyl (C=O) groups is 1. The molecule has 7 nitrogen and oxygen atoms in total. The Morgan fingerprint density at radius 1 is 1.60 bits per heavy atom. The first kappa shape index (κ1) is 15.1. The molecule has 1 fully saturated rings. The van der Waals surface area contributed by atoms with Crippen LogP contribution in [0.5, 0.6) is 0 Å². The van der Waals surface area contributed by atoms with Crippen molar-refractivity contribution in [1.82, 2.24) is 14.3 Å². The van der Waals surface area contributed by atoms with Gasteiger partial charge in [-0.05, 0) is 12.8 Å². The Balaban J connectivity index is 1.91. The molecule has 1 amide bonds. The van der Waals surface area contributed by atoms with E-state index in [4.69, 9.17) is 9.84 Å². The lowest BCUT2D eigenvalue weighted by atomic mass is 10.1. The topological polar surface area (TPSA) is 87.6 Å². The Morgan fingerprint density at radius 3 is 3.20 bits per heavy atom. The van der Waals surface area contributed by atoms with Gasteiger partial charge < -0.3 is 20.1 Å². The maximum Gasteiger partial charge on any atom is 0.245 e. The smallest absolute Gasteiger partial charge is 0.245 e. The number of likely N-dealkylation sites (tertiary alicyclic amines) is 1. The molecule has 20 heavy (non-hydrogen) atoms. The zero-order chi connectivity index (χ0) is 14.4. The van der Waals surface area contributed by atoms with Gasteiger partial charge in [0.15, 0.2) is 0 Å². The quantitative estimate of drug-likeness (QED) is 0.744. The summed E-state index contributed by atoms with van der Waals surface area (Å²) in [5, 5.41) is 12.8. The summed E-state index contributed by atoms with van der Waals surface area (Å²) in [7, 11) is 1.64. The molecule has 8 heteroatoms. The number of hydrogen-bond donors (Lipinski definition) is 2. The van der Waals surface area contributed by atoms with E-state index < -0.39 is 0 Å². The van der Waals surface area contributed by atoms with Gasteiger partial charge in [0, 0.05) is 38.2 Å². The van der Waals surface area contributed by atoms with Crippen molar-refractivity contribution in [2.24, 2.45) is 0 Å². The van der Waals surface area contributed by atoms with Crippen LogP contribution in [0.3, 0.4) is 0 Å². The summed E-state index contributed by atoms with van der Waals surface area (Å²) in [5.41, 5.74) is 0. The number of aliphatic hydroxyl groups excluding tert-OH is 1. The van der Waals surface area contributed by atoms with Gasteiger partial charge in [-0.3, -0.25) is 4.79 Å². The monoisotopic (exact) mass is 300 g/mol. The molecule has 0 radical (unpaired) electrons. The van der Waals surface area contributed by atoms with Crippen LogP contribution in [0.1, 0.15) is 18.7 Å². The fourth-order valence-electron chi connectivity index (χ4n) is 2.17. The summed E-state index contributed by atoms with van der Waals surface area (Å²) < 4.78 is 9.21. The molecule has 1 atom stereocenters. The van der Waals surface area contributed by atoms with Crippen LogP contribution in [0.25, 0.3) is 0 Å². The molecule has 1 saturated heterocycles. The van der Waals surface area contributed by atoms with E-state index in [1.165, 1.54) is 11.5 Å². The summed E-state index contributed by atoms with van der Waals surface area (Å²) in [6, 6.07) is -0.265. The zero-order valence-electron chi connectivity index (χ0n) is 11.5. The minimum Gasteiger partial charge on any atom is -0.395 e. The van der Waals surface area contributed by atoms with Gasteiger partial charge in [0.2, 0.25) is 11.0 Å². The number of β-amino-alcohol motifs (C(OH)–C–C–N with tert-alkyl or cyclic N) is 1. The fraction of sp³-hybridized carbons (Fsp3) is 0.750. The molecular formula is C12H20N4O3S. The van der Waals surface area contributed by atoms with E-state index in [0.717, 1.165) is 18.7 Å². The van der Waals surface area contributed by atoms with Crippen LogP contribution in [0, 0.1) is 0 Å². The first-order valence-corrected chi connectivity index (χ1v) is 7.49. The lowest BCUT2D eigenvalue weighted by molar-refractivity contribution is -0.134. The van der Waals surface area contributed by atoms with E-state index in [1.54, 1.807) is 12.0 Å². The number of aromatic nitrogens is 2. The van der Waals surface area contributed by atoms with Gasteiger partial charge in [-0.25, -0.2) is 4.98 Å². The average molecular weight is 300 g/mol. The van der Waals surface area contributed by atoms with Crippen molar-refractivity contribution in [2.45, 2.75) is 25.3 Å². The van der Waals surface area contributed by atoms with Crippen molar-refractivity contribution in [3.63, 3.8) is 0 Å². The van der Waals surface area contributed by atoms with Crippen molar-refractivity contribution in [3.8, 4) is 0 Å². The molecule has 1 aromatic heterocycles. The predicted octanol–water partition coefficient (Wildman–Crippen LogP) is 0.122. The van der Waals surface area contributed by atoms with Crippen molar-refractivity contribution in [3.05, 3.63) is 5.82 Å². The molecule has 2 heterocycles. The number of amides is 1. The Kier molecular flexibility index (Phi) is 5.69. The molecule has 0 aliphatic carbocycles. The first-order chi connectivity index (χ1) is 9.74. The molecular weight excluding hydrogens is 280 g/mol. The van der Waals surface area contributed by atoms with Gasteiger partial charge in [0.1, 0.15) is 11.9 Å². The van der Waals surface area contributed by atoms with Crippen LogP contribution in [-0.2, 0) is 16.0 Å². The molecule has 1 aromatic rings. The molecule has 2 rings (SSSR count). The van der Waals surface area contributed by atoms with Crippen molar-refractivity contribution in [2.75, 3.05) is 38.7 Å². The van der Waals surface area contributed by atoms with Crippen molar-refractivity contribution >= 4 is 22.6 Å². The molecule has 0 bridgehead atoms. The Labute approximate surface area is 122 Å². The van der Waals surface area contributed by atoms with E-state index in [2.05, 4.69) is 14.7 Å². The molecule has 0 aromatic carbocycles. The molecule has 2 N–H and O–H groups in total. The number of ether oxygens (including phenoxy) is 1. The molecule has 0 saturated carbocycles. The lowest BCUT2D eigenvalue weighted by Gasteiger charge is -2.31. The highest BCUT2D eigenvalue weighted by Crippen LogP contribution is 2.18. The number of piperidine rings is 1. The molecule has 1 aliphatic rings. The van der Waals surface area contributed by atoms with Crippen LogP contribution >= 0.6 is 11.5 Å². The van der Waals surface area contributed by atoms with Gasteiger partial charge >= 0.3 is 0 Å². The normalized spacial score (nSPS) is 19.4. The second-order valence-corrected chi connectivity index (χ2v) is 5.40. The number of aliphatic hydroxyl groups is 1. The van der Waals surface area contributed by atoms with Gasteiger partial charge in [0.05, 0.1) is 13.2 Å². The standard InChI is InChI=1S/C12H20N4O3S/c1-19-8-4-10-14-12(20-15-10)13-9-3-2-5-16(6-7-17)11(9)18/h9,17H,2-8H2,1H3,(H,13,14,15). The van der Waals surface area contributed by atoms with Gasteiger partial charge in [-0.1, -0.05) is 0 Å². The molecule has 1 unspecified atom stereocenters. The third kappa shape index (κ3) is 3.87. The fourth-order valence-corrected chi connectivity index (χ4v) is 2.84. The van der Waals surface area contributed by atoms with Crippen LogP contribution in [0.2, 0.25) is 0 Å². The number of nitrogens with zero attached hydrogens (tertiary/aromatic N) is 3. The zero-order valence-corrected chi connectivity index (χ0v) is 12.4. The molecule has 0 spiro atoms. The van der Waals surface area contributed by atoms with E-state index in [-0.39, 0.29) is 18.6 Å². The maximum atomic E-state index is 12.2. The molecule has 1 aliphatic heterocycles. The summed E-state index contributed by atoms with van der Waals surface area (Å²) in [6.07, 6.45) is 2.39. The van der Waals surface area contributed by atoms with E-state index in [1.807, 2.05) is 0 Å². The van der Waals surface area contributed by atoms with Crippen LogP contribution in [0.15, 0.2) is 0 Å². The van der Waals surface area contributed by atoms with Crippen molar-refractivity contribution in [1.29, 1.82) is 0 Å². The average Bonchev–Trinajstić information content (AvgIpc) is 2.89. The lowest BCUT2D eigenvalue weighted by Crippen LogP contribution is -2.48. The summed E-state index contributed by atoms with van der Waals surface area (Å²) in [6.45, 7) is 1.69. The highest BCUT2D eigenvalue weighted by Gasteiger charge is 2.28. The van der Waals surface area contributed by atoms with Gasteiger partial charge in [-0.2, -0.15) is 4.37 Å². The number of nitrogens with one attached hydrogen (secondary N) is 1. The number of anilines is 1. The number of carbonyl (C=O) groups excluding carboxylic acids is 1. The predicted molar refractivity (Wildman–Crippen MR) is 75.8 cm³/mol. The Hall–Kier alpha value is -1.25. The minimum absolute atomic E-state index is 0.00155. The van der Waals surface area contributed by atoms with Crippen LogP contribution in [-0.4, -0.2) is 64.7 Å². The third-order valence-electron chi connectivity index (χ3n) is 3.20. The largest absolute Gasteiger partial charge is 0.395 e. The first-order valence-electron chi connectivity index (χ1n) is 6.72. The molecule has 112 valence electrons. The Bertz CT molecular complexity index is 438. The summed E-state index contributed by atoms with van der Waals surface area (Å²) in [5.74, 6) is 0.758. The Morgan fingerprint density at radius 2 is 2.45 bits per heavy atom. The number of methoxy groups -OCH3 is 1. The van der Waals surface area contributed by atoms with E-state index in [9.17, 15) is 4.79 Å². The number of rotatable bonds is 7. The van der Waals surface area contributed by atoms with E-state index >= 15 is 0 Å². The SMILES string of the molecule is COCCc1nsc(NC2CCCN(CCO)C2=O)n1.